The average molecular weight is 309 g/mol. The highest BCUT2D eigenvalue weighted by molar-refractivity contribution is 5.80. The Morgan fingerprint density at radius 3 is 2.70 bits per heavy atom. The van der Waals surface area contributed by atoms with Gasteiger partial charge in [0.05, 0.1) is 24.1 Å². The van der Waals surface area contributed by atoms with Crippen molar-refractivity contribution in [1.82, 2.24) is 14.5 Å². The molecule has 0 N–H and O–H groups in total. The second kappa shape index (κ2) is 6.30. The summed E-state index contributed by atoms with van der Waals surface area (Å²) >= 11 is 0. The van der Waals surface area contributed by atoms with Crippen molar-refractivity contribution in [2.24, 2.45) is 0 Å². The number of nitrogens with zero attached hydrogens (tertiary/aromatic N) is 3. The van der Waals surface area contributed by atoms with Crippen LogP contribution in [0.3, 0.4) is 0 Å². The zero-order valence-electron chi connectivity index (χ0n) is 13.5. The molecule has 0 saturated heterocycles. The monoisotopic (exact) mass is 309 g/mol. The van der Waals surface area contributed by atoms with Gasteiger partial charge in [-0.3, -0.25) is 9.36 Å². The van der Waals surface area contributed by atoms with E-state index in [9.17, 15) is 4.79 Å². The molecule has 3 aromatic rings. The Kier molecular flexibility index (Phi) is 4.21. The summed E-state index contributed by atoms with van der Waals surface area (Å²) in [5, 5.41) is 0.623. The first-order chi connectivity index (χ1) is 11.1. The summed E-state index contributed by atoms with van der Waals surface area (Å²) in [6, 6.07) is 11.4. The quantitative estimate of drug-likeness (QED) is 0.743. The van der Waals surface area contributed by atoms with Crippen LogP contribution in [0.25, 0.3) is 22.4 Å². The summed E-state index contributed by atoms with van der Waals surface area (Å²) in [5.74, 6) is 0.576. The van der Waals surface area contributed by atoms with Crippen LogP contribution in [0, 0.1) is 13.8 Å². The van der Waals surface area contributed by atoms with E-state index in [2.05, 4.69) is 9.97 Å². The summed E-state index contributed by atoms with van der Waals surface area (Å²) in [7, 11) is 1.62. The minimum atomic E-state index is -0.0611. The molecule has 0 bridgehead atoms. The molecule has 0 aliphatic carbocycles. The third-order valence-electron chi connectivity index (χ3n) is 3.75. The highest BCUT2D eigenvalue weighted by Crippen LogP contribution is 2.18. The van der Waals surface area contributed by atoms with Crippen LogP contribution in [0.2, 0.25) is 0 Å². The lowest BCUT2D eigenvalue weighted by Gasteiger charge is -2.13. The number of methoxy groups -OCH3 is 1. The van der Waals surface area contributed by atoms with Gasteiger partial charge >= 0.3 is 0 Å². The van der Waals surface area contributed by atoms with E-state index >= 15 is 0 Å². The molecule has 0 saturated carbocycles. The van der Waals surface area contributed by atoms with Gasteiger partial charge in [-0.2, -0.15) is 0 Å². The maximum atomic E-state index is 12.9. The van der Waals surface area contributed by atoms with Crippen molar-refractivity contribution >= 4 is 10.9 Å². The second-order valence-corrected chi connectivity index (χ2v) is 5.57. The van der Waals surface area contributed by atoms with E-state index in [1.54, 1.807) is 11.7 Å². The topological polar surface area (TPSA) is 57.0 Å². The van der Waals surface area contributed by atoms with E-state index in [4.69, 9.17) is 4.74 Å². The number of hydrogen-bond donors (Lipinski definition) is 0. The van der Waals surface area contributed by atoms with Crippen LogP contribution < -0.4 is 5.56 Å². The highest BCUT2D eigenvalue weighted by Gasteiger charge is 2.14. The van der Waals surface area contributed by atoms with E-state index in [0.29, 0.717) is 35.6 Å². The summed E-state index contributed by atoms with van der Waals surface area (Å²) in [4.78, 5) is 22.1. The first kappa shape index (κ1) is 15.4. The zero-order valence-corrected chi connectivity index (χ0v) is 13.5. The lowest BCUT2D eigenvalue weighted by molar-refractivity contribution is 0.186. The number of aromatic nitrogens is 3. The molecule has 0 radical (unpaired) electrons. The smallest absolute Gasteiger partial charge is 0.261 e. The Labute approximate surface area is 134 Å². The maximum absolute atomic E-state index is 12.9. The van der Waals surface area contributed by atoms with Crippen LogP contribution in [0.4, 0.5) is 0 Å². The molecule has 1 aromatic carbocycles. The molecule has 0 aliphatic rings. The van der Waals surface area contributed by atoms with Gasteiger partial charge in [0.25, 0.3) is 5.56 Å². The van der Waals surface area contributed by atoms with Crippen LogP contribution in [-0.2, 0) is 11.3 Å². The van der Waals surface area contributed by atoms with Gasteiger partial charge in [-0.25, -0.2) is 9.97 Å². The number of ether oxygens (including phenoxy) is 1. The Balaban J connectivity index is 2.30. The fourth-order valence-electron chi connectivity index (χ4n) is 2.59. The van der Waals surface area contributed by atoms with Gasteiger partial charge in [0.2, 0.25) is 0 Å². The standard InChI is InChI=1S/C18H19N3O2/c1-12-7-8-15-14(11-12)18(22)21(9-10-23-3)17(20-15)16-6-4-5-13(2)19-16/h4-8,11H,9-10H2,1-3H3. The average Bonchev–Trinajstić information content (AvgIpc) is 2.54. The van der Waals surface area contributed by atoms with E-state index in [1.165, 1.54) is 0 Å². The SMILES string of the molecule is COCCn1c(-c2cccc(C)n2)nc2ccc(C)cc2c1=O. The third-order valence-corrected chi connectivity index (χ3v) is 3.75. The molecular weight excluding hydrogens is 290 g/mol. The Morgan fingerprint density at radius 2 is 1.96 bits per heavy atom. The minimum absolute atomic E-state index is 0.0611. The number of aryl methyl sites for hydroxylation is 2. The Morgan fingerprint density at radius 1 is 1.13 bits per heavy atom. The molecule has 0 spiro atoms. The van der Waals surface area contributed by atoms with Crippen molar-refractivity contribution in [2.45, 2.75) is 20.4 Å². The highest BCUT2D eigenvalue weighted by atomic mass is 16.5. The first-order valence-corrected chi connectivity index (χ1v) is 7.54. The molecule has 0 unspecified atom stereocenters. The molecular formula is C18H19N3O2. The molecule has 2 aromatic heterocycles. The third kappa shape index (κ3) is 3.00. The van der Waals surface area contributed by atoms with E-state index in [1.807, 2.05) is 50.2 Å². The zero-order chi connectivity index (χ0) is 16.4. The van der Waals surface area contributed by atoms with Crippen LogP contribution in [0.15, 0.2) is 41.2 Å². The number of fused-ring (bicyclic) bond motifs is 1. The normalized spacial score (nSPS) is 11.1. The van der Waals surface area contributed by atoms with Crippen LogP contribution in [0.5, 0.6) is 0 Å². The molecule has 0 amide bonds. The minimum Gasteiger partial charge on any atom is -0.383 e. The molecule has 23 heavy (non-hydrogen) atoms. The predicted octanol–water partition coefficient (Wildman–Crippen LogP) is 2.72. The molecule has 2 heterocycles. The van der Waals surface area contributed by atoms with Crippen molar-refractivity contribution < 1.29 is 4.74 Å². The molecule has 0 atom stereocenters. The fourth-order valence-corrected chi connectivity index (χ4v) is 2.59. The lowest BCUT2D eigenvalue weighted by atomic mass is 10.1. The van der Waals surface area contributed by atoms with Gasteiger partial charge in [-0.05, 0) is 38.1 Å². The van der Waals surface area contributed by atoms with E-state index < -0.39 is 0 Å². The van der Waals surface area contributed by atoms with Gasteiger partial charge in [0.15, 0.2) is 5.82 Å². The number of rotatable bonds is 4. The summed E-state index contributed by atoms with van der Waals surface area (Å²) in [6.07, 6.45) is 0. The van der Waals surface area contributed by atoms with Gasteiger partial charge < -0.3 is 4.74 Å². The van der Waals surface area contributed by atoms with Crippen molar-refractivity contribution in [3.63, 3.8) is 0 Å². The molecule has 3 rings (SSSR count). The van der Waals surface area contributed by atoms with Crippen LogP contribution >= 0.6 is 0 Å². The fraction of sp³-hybridized carbons (Fsp3) is 0.278. The number of pyridine rings is 1. The van der Waals surface area contributed by atoms with Crippen LogP contribution in [-0.4, -0.2) is 28.3 Å². The number of hydrogen-bond acceptors (Lipinski definition) is 4. The van der Waals surface area contributed by atoms with Crippen molar-refractivity contribution in [2.75, 3.05) is 13.7 Å². The van der Waals surface area contributed by atoms with Crippen LogP contribution in [0.1, 0.15) is 11.3 Å². The molecule has 0 aliphatic heterocycles. The van der Waals surface area contributed by atoms with E-state index in [0.717, 1.165) is 11.3 Å². The Hall–Kier alpha value is -2.53. The van der Waals surface area contributed by atoms with Gasteiger partial charge in [0, 0.05) is 12.8 Å². The van der Waals surface area contributed by atoms with Crippen molar-refractivity contribution in [1.29, 1.82) is 0 Å². The first-order valence-electron chi connectivity index (χ1n) is 7.54. The van der Waals surface area contributed by atoms with E-state index in [-0.39, 0.29) is 5.56 Å². The second-order valence-electron chi connectivity index (χ2n) is 5.57. The summed E-state index contributed by atoms with van der Waals surface area (Å²) < 4.78 is 6.79. The van der Waals surface area contributed by atoms with Gasteiger partial charge in [0.1, 0.15) is 5.69 Å². The predicted molar refractivity (Wildman–Crippen MR) is 90.6 cm³/mol. The van der Waals surface area contributed by atoms with Gasteiger partial charge in [-0.15, -0.1) is 0 Å². The summed E-state index contributed by atoms with van der Waals surface area (Å²) in [6.45, 7) is 4.77. The van der Waals surface area contributed by atoms with Crippen molar-refractivity contribution in [3.05, 3.63) is 58.0 Å². The lowest BCUT2D eigenvalue weighted by Crippen LogP contribution is -2.25. The van der Waals surface area contributed by atoms with Crippen molar-refractivity contribution in [3.8, 4) is 11.5 Å². The molecule has 118 valence electrons. The largest absolute Gasteiger partial charge is 0.383 e. The summed E-state index contributed by atoms with van der Waals surface area (Å²) in [5.41, 5.74) is 3.25. The maximum Gasteiger partial charge on any atom is 0.261 e. The van der Waals surface area contributed by atoms with Gasteiger partial charge in [-0.1, -0.05) is 17.7 Å². The Bertz CT molecular complexity index is 916. The molecule has 5 heteroatoms. The number of benzene rings is 1. The molecule has 5 nitrogen and oxygen atoms in total. The molecule has 0 fully saturated rings.